The van der Waals surface area contributed by atoms with Crippen molar-refractivity contribution in [3.05, 3.63) is 40.9 Å². The normalized spacial score (nSPS) is 10.1. The highest BCUT2D eigenvalue weighted by molar-refractivity contribution is 9.10. The molecule has 0 spiro atoms. The van der Waals surface area contributed by atoms with Crippen LogP contribution in [0.2, 0.25) is 0 Å². The van der Waals surface area contributed by atoms with E-state index in [1.54, 1.807) is 0 Å². The number of nitrogens with one attached hydrogen (secondary N) is 1. The Morgan fingerprint density at radius 3 is 3.00 bits per heavy atom. The summed E-state index contributed by atoms with van der Waals surface area (Å²) in [5.41, 5.74) is 1.18. The van der Waals surface area contributed by atoms with Crippen LogP contribution in [0.3, 0.4) is 0 Å². The lowest BCUT2D eigenvalue weighted by molar-refractivity contribution is 0.320. The Morgan fingerprint density at radius 1 is 1.50 bits per heavy atom. The molecule has 0 saturated heterocycles. The monoisotopic (exact) mass is 283 g/mol. The molecule has 0 bridgehead atoms. The van der Waals surface area contributed by atoms with Crippen LogP contribution in [-0.2, 0) is 6.54 Å². The molecule has 0 unspecified atom stereocenters. The van der Waals surface area contributed by atoms with Crippen LogP contribution >= 0.6 is 15.9 Å². The third-order valence-corrected chi connectivity index (χ3v) is 2.66. The molecule has 1 aromatic carbocycles. The van der Waals surface area contributed by atoms with Crippen LogP contribution in [0.15, 0.2) is 35.3 Å². The van der Waals surface area contributed by atoms with E-state index in [2.05, 4.69) is 40.8 Å². The molecule has 0 aromatic heterocycles. The fourth-order valence-electron chi connectivity index (χ4n) is 1.34. The van der Waals surface area contributed by atoms with Crippen LogP contribution in [0.1, 0.15) is 18.9 Å². The third-order valence-electron chi connectivity index (χ3n) is 2.17. The van der Waals surface area contributed by atoms with Gasteiger partial charge in [0.2, 0.25) is 0 Å². The second kappa shape index (κ2) is 7.47. The first-order chi connectivity index (χ1) is 7.77. The van der Waals surface area contributed by atoms with Gasteiger partial charge in [-0.3, -0.25) is 0 Å². The SMILES string of the molecule is C=CCCOc1ccc(Br)cc1CNCC. The summed E-state index contributed by atoms with van der Waals surface area (Å²) in [5, 5.41) is 3.30. The number of ether oxygens (including phenoxy) is 1. The van der Waals surface area contributed by atoms with Crippen LogP contribution < -0.4 is 10.1 Å². The minimum Gasteiger partial charge on any atom is -0.493 e. The van der Waals surface area contributed by atoms with Crippen molar-refractivity contribution in [2.75, 3.05) is 13.2 Å². The molecule has 0 heterocycles. The zero-order valence-electron chi connectivity index (χ0n) is 9.63. The number of hydrogen-bond acceptors (Lipinski definition) is 2. The average molecular weight is 284 g/mol. The Balaban J connectivity index is 2.68. The van der Waals surface area contributed by atoms with Crippen LogP contribution in [-0.4, -0.2) is 13.2 Å². The average Bonchev–Trinajstić information content (AvgIpc) is 2.29. The molecular weight excluding hydrogens is 266 g/mol. The zero-order valence-corrected chi connectivity index (χ0v) is 11.2. The maximum Gasteiger partial charge on any atom is 0.123 e. The summed E-state index contributed by atoms with van der Waals surface area (Å²) >= 11 is 3.47. The topological polar surface area (TPSA) is 21.3 Å². The van der Waals surface area contributed by atoms with Gasteiger partial charge >= 0.3 is 0 Å². The second-order valence-corrected chi connectivity index (χ2v) is 4.37. The first kappa shape index (κ1) is 13.3. The van der Waals surface area contributed by atoms with E-state index in [0.717, 1.165) is 29.7 Å². The van der Waals surface area contributed by atoms with Gasteiger partial charge in [-0.1, -0.05) is 28.9 Å². The number of rotatable bonds is 7. The molecule has 1 N–H and O–H groups in total. The molecule has 0 aliphatic heterocycles. The molecule has 1 rings (SSSR count). The molecule has 3 heteroatoms. The van der Waals surface area contributed by atoms with Gasteiger partial charge in [0.1, 0.15) is 5.75 Å². The predicted octanol–water partition coefficient (Wildman–Crippen LogP) is 3.51. The number of halogens is 1. The van der Waals surface area contributed by atoms with Crippen molar-refractivity contribution in [2.24, 2.45) is 0 Å². The fourth-order valence-corrected chi connectivity index (χ4v) is 1.75. The van der Waals surface area contributed by atoms with Gasteiger partial charge in [0, 0.05) is 16.6 Å². The summed E-state index contributed by atoms with van der Waals surface area (Å²) in [6.45, 7) is 8.25. The highest BCUT2D eigenvalue weighted by Crippen LogP contribution is 2.23. The van der Waals surface area contributed by atoms with Crippen LogP contribution in [0, 0.1) is 0 Å². The molecule has 0 atom stereocenters. The second-order valence-electron chi connectivity index (χ2n) is 3.46. The van der Waals surface area contributed by atoms with Gasteiger partial charge in [0.25, 0.3) is 0 Å². The highest BCUT2D eigenvalue weighted by Gasteiger charge is 2.03. The molecular formula is C13H18BrNO. The largest absolute Gasteiger partial charge is 0.493 e. The molecule has 16 heavy (non-hydrogen) atoms. The van der Waals surface area contributed by atoms with Crippen LogP contribution in [0.4, 0.5) is 0 Å². The Kier molecular flexibility index (Phi) is 6.19. The minimum absolute atomic E-state index is 0.685. The fraction of sp³-hybridized carbons (Fsp3) is 0.385. The van der Waals surface area contributed by atoms with E-state index in [1.807, 2.05) is 18.2 Å². The summed E-state index contributed by atoms with van der Waals surface area (Å²) in [7, 11) is 0. The van der Waals surface area contributed by atoms with Gasteiger partial charge in [-0.2, -0.15) is 0 Å². The van der Waals surface area contributed by atoms with Crippen molar-refractivity contribution in [1.82, 2.24) is 5.32 Å². The van der Waals surface area contributed by atoms with E-state index in [1.165, 1.54) is 5.56 Å². The van der Waals surface area contributed by atoms with E-state index in [4.69, 9.17) is 4.74 Å². The van der Waals surface area contributed by atoms with E-state index in [0.29, 0.717) is 6.61 Å². The molecule has 0 aliphatic carbocycles. The maximum absolute atomic E-state index is 5.70. The minimum atomic E-state index is 0.685. The van der Waals surface area contributed by atoms with Crippen molar-refractivity contribution in [3.8, 4) is 5.75 Å². The summed E-state index contributed by atoms with van der Waals surface area (Å²) in [5.74, 6) is 0.950. The lowest BCUT2D eigenvalue weighted by Crippen LogP contribution is -2.13. The van der Waals surface area contributed by atoms with Crippen LogP contribution in [0.25, 0.3) is 0 Å². The van der Waals surface area contributed by atoms with Gasteiger partial charge in [-0.25, -0.2) is 0 Å². The Bertz CT molecular complexity index is 339. The lowest BCUT2D eigenvalue weighted by Gasteiger charge is -2.11. The van der Waals surface area contributed by atoms with Crippen LogP contribution in [0.5, 0.6) is 5.75 Å². The van der Waals surface area contributed by atoms with E-state index >= 15 is 0 Å². The van der Waals surface area contributed by atoms with Crippen molar-refractivity contribution < 1.29 is 4.74 Å². The molecule has 88 valence electrons. The molecule has 0 fully saturated rings. The summed E-state index contributed by atoms with van der Waals surface area (Å²) in [6.07, 6.45) is 2.74. The first-order valence-electron chi connectivity index (χ1n) is 5.50. The van der Waals surface area contributed by atoms with Gasteiger partial charge in [-0.05, 0) is 31.2 Å². The zero-order chi connectivity index (χ0) is 11.8. The Morgan fingerprint density at radius 2 is 2.31 bits per heavy atom. The molecule has 2 nitrogen and oxygen atoms in total. The first-order valence-corrected chi connectivity index (χ1v) is 6.30. The number of hydrogen-bond donors (Lipinski definition) is 1. The Labute approximate surface area is 106 Å². The van der Waals surface area contributed by atoms with E-state index in [-0.39, 0.29) is 0 Å². The highest BCUT2D eigenvalue weighted by atomic mass is 79.9. The van der Waals surface area contributed by atoms with Crippen molar-refractivity contribution >= 4 is 15.9 Å². The smallest absolute Gasteiger partial charge is 0.123 e. The van der Waals surface area contributed by atoms with Crippen molar-refractivity contribution in [2.45, 2.75) is 19.9 Å². The van der Waals surface area contributed by atoms with E-state index in [9.17, 15) is 0 Å². The van der Waals surface area contributed by atoms with Gasteiger partial charge in [0.15, 0.2) is 0 Å². The Hall–Kier alpha value is -0.800. The lowest BCUT2D eigenvalue weighted by atomic mass is 10.2. The summed E-state index contributed by atoms with van der Waals surface area (Å²) < 4.78 is 6.78. The van der Waals surface area contributed by atoms with Gasteiger partial charge in [0.05, 0.1) is 6.61 Å². The quantitative estimate of drug-likeness (QED) is 0.611. The van der Waals surface area contributed by atoms with Crippen molar-refractivity contribution in [1.29, 1.82) is 0 Å². The molecule has 0 radical (unpaired) electrons. The maximum atomic E-state index is 5.70. The molecule has 1 aromatic rings. The third kappa shape index (κ3) is 4.37. The van der Waals surface area contributed by atoms with Crippen molar-refractivity contribution in [3.63, 3.8) is 0 Å². The molecule has 0 amide bonds. The van der Waals surface area contributed by atoms with Gasteiger partial charge < -0.3 is 10.1 Å². The summed E-state index contributed by atoms with van der Waals surface area (Å²) in [4.78, 5) is 0. The number of benzene rings is 1. The summed E-state index contributed by atoms with van der Waals surface area (Å²) in [6, 6.07) is 6.09. The standard InChI is InChI=1S/C13H18BrNO/c1-3-5-8-16-13-7-6-12(14)9-11(13)10-15-4-2/h3,6-7,9,15H,1,4-5,8,10H2,2H3. The molecule has 0 saturated carbocycles. The van der Waals surface area contributed by atoms with Gasteiger partial charge in [-0.15, -0.1) is 6.58 Å². The van der Waals surface area contributed by atoms with E-state index < -0.39 is 0 Å². The predicted molar refractivity (Wildman–Crippen MR) is 71.8 cm³/mol. The molecule has 0 aliphatic rings.